The minimum atomic E-state index is -0.342. The fourth-order valence-electron chi connectivity index (χ4n) is 2.93. The van der Waals surface area contributed by atoms with Crippen molar-refractivity contribution in [1.82, 2.24) is 4.57 Å². The van der Waals surface area contributed by atoms with Gasteiger partial charge in [-0.05, 0) is 51.9 Å². The molecule has 0 radical (unpaired) electrons. The molecule has 1 aromatic rings. The van der Waals surface area contributed by atoms with Crippen LogP contribution >= 0.6 is 11.8 Å². The van der Waals surface area contributed by atoms with Crippen LogP contribution in [0.3, 0.4) is 0 Å². The Morgan fingerprint density at radius 3 is 2.76 bits per heavy atom. The summed E-state index contributed by atoms with van der Waals surface area (Å²) < 4.78 is 6.93. The molecule has 5 heteroatoms. The zero-order valence-corrected chi connectivity index (χ0v) is 14.0. The highest BCUT2D eigenvalue weighted by Gasteiger charge is 2.31. The fraction of sp³-hybridized carbons (Fsp3) is 0.625. The van der Waals surface area contributed by atoms with Gasteiger partial charge < -0.3 is 9.30 Å². The lowest BCUT2D eigenvalue weighted by Gasteiger charge is -2.26. The van der Waals surface area contributed by atoms with Crippen LogP contribution in [0.5, 0.6) is 0 Å². The maximum absolute atomic E-state index is 12.3. The van der Waals surface area contributed by atoms with E-state index in [1.807, 2.05) is 18.7 Å². The predicted molar refractivity (Wildman–Crippen MR) is 86.2 cm³/mol. The molecule has 0 saturated carbocycles. The number of nitrogens with zero attached hydrogens (tertiary/aromatic N) is 1. The monoisotopic (exact) mass is 309 g/mol. The first-order valence-corrected chi connectivity index (χ1v) is 8.38. The first-order valence-electron chi connectivity index (χ1n) is 7.40. The normalized spacial score (nSPS) is 21.5. The van der Waals surface area contributed by atoms with Crippen molar-refractivity contribution in [3.05, 3.63) is 33.2 Å². The first kappa shape index (κ1) is 16.1. The van der Waals surface area contributed by atoms with Crippen LogP contribution in [0, 0.1) is 13.8 Å². The van der Waals surface area contributed by atoms with Gasteiger partial charge in [0.2, 0.25) is 0 Å². The van der Waals surface area contributed by atoms with E-state index in [0.717, 1.165) is 12.2 Å². The number of esters is 1. The molecule has 2 heterocycles. The second-order valence-electron chi connectivity index (χ2n) is 5.83. The summed E-state index contributed by atoms with van der Waals surface area (Å²) in [6, 6.07) is 1.54. The van der Waals surface area contributed by atoms with E-state index in [0.29, 0.717) is 30.0 Å². The number of hydrogen-bond acceptors (Lipinski definition) is 4. The third-order valence-electron chi connectivity index (χ3n) is 4.04. The number of ether oxygens (including phenoxy) is 1. The van der Waals surface area contributed by atoms with Gasteiger partial charge in [-0.1, -0.05) is 0 Å². The molecule has 1 aliphatic heterocycles. The van der Waals surface area contributed by atoms with Crippen molar-refractivity contribution in [2.45, 2.75) is 51.8 Å². The maximum atomic E-state index is 12.3. The molecule has 4 nitrogen and oxygen atoms in total. The lowest BCUT2D eigenvalue weighted by Crippen LogP contribution is -2.34. The largest absolute Gasteiger partial charge is 0.462 e. The van der Waals surface area contributed by atoms with Crippen LogP contribution in [0.25, 0.3) is 0 Å². The molecule has 1 fully saturated rings. The van der Waals surface area contributed by atoms with Crippen LogP contribution in [-0.2, 0) is 11.3 Å². The second-order valence-corrected chi connectivity index (χ2v) is 7.52. The lowest BCUT2D eigenvalue weighted by molar-refractivity contribution is 0.0523. The molecule has 1 saturated heterocycles. The lowest BCUT2D eigenvalue weighted by atomic mass is 10.0. The Bertz CT molecular complexity index is 600. The van der Waals surface area contributed by atoms with E-state index < -0.39 is 0 Å². The van der Waals surface area contributed by atoms with Crippen LogP contribution < -0.4 is 5.56 Å². The molecule has 0 spiro atoms. The Morgan fingerprint density at radius 2 is 2.19 bits per heavy atom. The summed E-state index contributed by atoms with van der Waals surface area (Å²) in [6.45, 7) is 8.59. The summed E-state index contributed by atoms with van der Waals surface area (Å²) >= 11 is 1.91. The molecule has 1 aliphatic rings. The summed E-state index contributed by atoms with van der Waals surface area (Å²) in [7, 11) is 0. The van der Waals surface area contributed by atoms with E-state index in [1.54, 1.807) is 24.5 Å². The Hall–Kier alpha value is -1.23. The van der Waals surface area contributed by atoms with Gasteiger partial charge in [0.15, 0.2) is 0 Å². The maximum Gasteiger partial charge on any atom is 0.340 e. The molecule has 1 aromatic heterocycles. The second kappa shape index (κ2) is 6.26. The molecule has 116 valence electrons. The van der Waals surface area contributed by atoms with Crippen LogP contribution in [-0.4, -0.2) is 27.6 Å². The number of aromatic nitrogens is 1. The number of carbonyl (C=O) groups excluding carboxylic acids is 1. The van der Waals surface area contributed by atoms with E-state index in [9.17, 15) is 9.59 Å². The van der Waals surface area contributed by atoms with Gasteiger partial charge in [0.1, 0.15) is 0 Å². The molecule has 21 heavy (non-hydrogen) atoms. The van der Waals surface area contributed by atoms with Gasteiger partial charge in [-0.25, -0.2) is 4.79 Å². The number of thioether (sulfide) groups is 1. The Morgan fingerprint density at radius 1 is 1.48 bits per heavy atom. The van der Waals surface area contributed by atoms with Crippen molar-refractivity contribution < 1.29 is 9.53 Å². The topological polar surface area (TPSA) is 48.3 Å². The number of hydrogen-bond donors (Lipinski definition) is 0. The van der Waals surface area contributed by atoms with Gasteiger partial charge in [-0.2, -0.15) is 11.8 Å². The van der Waals surface area contributed by atoms with E-state index in [1.165, 1.54) is 6.42 Å². The number of aryl methyl sites for hydroxylation is 1. The van der Waals surface area contributed by atoms with Crippen molar-refractivity contribution in [2.24, 2.45) is 0 Å². The number of rotatable bonds is 4. The van der Waals surface area contributed by atoms with Crippen molar-refractivity contribution in [2.75, 3.05) is 12.4 Å². The SMILES string of the molecule is CCOC(=O)c1c(C)cc(=O)n(CC2(C)CCCS2)c1C. The van der Waals surface area contributed by atoms with Gasteiger partial charge in [0.25, 0.3) is 5.56 Å². The van der Waals surface area contributed by atoms with Gasteiger partial charge in [-0.15, -0.1) is 0 Å². The zero-order valence-electron chi connectivity index (χ0n) is 13.2. The summed E-state index contributed by atoms with van der Waals surface area (Å²) in [5.41, 5.74) is 1.90. The molecule has 1 atom stereocenters. The van der Waals surface area contributed by atoms with E-state index in [-0.39, 0.29) is 16.3 Å². The van der Waals surface area contributed by atoms with Crippen molar-refractivity contribution in [1.29, 1.82) is 0 Å². The number of carbonyl (C=O) groups is 1. The van der Waals surface area contributed by atoms with Crippen molar-refractivity contribution in [3.63, 3.8) is 0 Å². The van der Waals surface area contributed by atoms with Crippen LogP contribution in [0.4, 0.5) is 0 Å². The van der Waals surface area contributed by atoms with Crippen molar-refractivity contribution in [3.8, 4) is 0 Å². The Balaban J connectivity index is 2.44. The molecular weight excluding hydrogens is 286 g/mol. The van der Waals surface area contributed by atoms with Crippen molar-refractivity contribution >= 4 is 17.7 Å². The van der Waals surface area contributed by atoms with Crippen LogP contribution in [0.2, 0.25) is 0 Å². The highest BCUT2D eigenvalue weighted by atomic mass is 32.2. The molecule has 0 aliphatic carbocycles. The quantitative estimate of drug-likeness (QED) is 0.802. The average molecular weight is 309 g/mol. The summed E-state index contributed by atoms with van der Waals surface area (Å²) in [4.78, 5) is 24.4. The molecule has 0 amide bonds. The van der Waals surface area contributed by atoms with Crippen LogP contribution in [0.1, 0.15) is 48.3 Å². The van der Waals surface area contributed by atoms with Gasteiger partial charge in [-0.3, -0.25) is 4.79 Å². The smallest absolute Gasteiger partial charge is 0.340 e. The highest BCUT2D eigenvalue weighted by Crippen LogP contribution is 2.39. The zero-order chi connectivity index (χ0) is 15.6. The Kier molecular flexibility index (Phi) is 4.81. The minimum absolute atomic E-state index is 0.0354. The third kappa shape index (κ3) is 3.34. The van der Waals surface area contributed by atoms with E-state index in [2.05, 4.69) is 6.92 Å². The summed E-state index contributed by atoms with van der Waals surface area (Å²) in [5.74, 6) is 0.798. The van der Waals surface area contributed by atoms with Gasteiger partial charge in [0.05, 0.1) is 12.2 Å². The van der Waals surface area contributed by atoms with Gasteiger partial charge in [0, 0.05) is 23.1 Å². The highest BCUT2D eigenvalue weighted by molar-refractivity contribution is 8.00. The average Bonchev–Trinajstić information content (AvgIpc) is 2.82. The minimum Gasteiger partial charge on any atom is -0.462 e. The number of pyridine rings is 1. The van der Waals surface area contributed by atoms with Gasteiger partial charge >= 0.3 is 5.97 Å². The summed E-state index contributed by atoms with van der Waals surface area (Å²) in [6.07, 6.45) is 2.29. The molecule has 0 N–H and O–H groups in total. The fourth-order valence-corrected chi connectivity index (χ4v) is 4.22. The molecular formula is C16H23NO3S. The Labute approximate surface area is 129 Å². The molecule has 1 unspecified atom stereocenters. The molecule has 2 rings (SSSR count). The predicted octanol–water partition coefficient (Wildman–Crippen LogP) is 2.93. The molecule has 0 aromatic carbocycles. The summed E-state index contributed by atoms with van der Waals surface area (Å²) in [5, 5.41) is 0. The third-order valence-corrected chi connectivity index (χ3v) is 5.56. The van der Waals surface area contributed by atoms with E-state index >= 15 is 0 Å². The molecule has 0 bridgehead atoms. The standard InChI is InChI=1S/C16H23NO3S/c1-5-20-15(19)14-11(2)9-13(18)17(12(14)3)10-16(4)7-6-8-21-16/h9H,5-8,10H2,1-4H3. The van der Waals surface area contributed by atoms with E-state index in [4.69, 9.17) is 4.74 Å². The first-order chi connectivity index (χ1) is 9.88. The van der Waals surface area contributed by atoms with Crippen LogP contribution in [0.15, 0.2) is 10.9 Å².